The Morgan fingerprint density at radius 2 is 2.03 bits per heavy atom. The molecule has 4 rings (SSSR count). The van der Waals surface area contributed by atoms with E-state index in [0.29, 0.717) is 16.0 Å². The predicted octanol–water partition coefficient (Wildman–Crippen LogP) is 4.93. The number of hydrogen-bond acceptors (Lipinski definition) is 7. The fourth-order valence-corrected chi connectivity index (χ4v) is 3.66. The van der Waals surface area contributed by atoms with E-state index in [2.05, 4.69) is 20.2 Å². The Kier molecular flexibility index (Phi) is 5.90. The molecule has 170 valence electrons. The number of alkyl halides is 3. The largest absolute Gasteiger partial charge is 0.495 e. The quantitative estimate of drug-likeness (QED) is 0.388. The molecule has 0 radical (unpaired) electrons. The summed E-state index contributed by atoms with van der Waals surface area (Å²) in [6, 6.07) is 6.41. The van der Waals surface area contributed by atoms with Gasteiger partial charge in [-0.1, -0.05) is 28.9 Å². The van der Waals surface area contributed by atoms with E-state index < -0.39 is 29.8 Å². The monoisotopic (exact) mass is 477 g/mol. The molecule has 0 N–H and O–H groups in total. The van der Waals surface area contributed by atoms with Gasteiger partial charge in [0.1, 0.15) is 17.8 Å². The average Bonchev–Trinajstić information content (AvgIpc) is 3.38. The Labute approximate surface area is 190 Å². The highest BCUT2D eigenvalue weighted by atomic mass is 35.5. The molecule has 0 bridgehead atoms. The third kappa shape index (κ3) is 4.19. The third-order valence-corrected chi connectivity index (χ3v) is 5.08. The molecule has 0 aliphatic heterocycles. The van der Waals surface area contributed by atoms with Crippen LogP contribution in [0.25, 0.3) is 33.8 Å². The van der Waals surface area contributed by atoms with E-state index in [0.717, 1.165) is 6.20 Å². The maximum atomic E-state index is 14.0. The van der Waals surface area contributed by atoms with Crippen LogP contribution in [-0.2, 0) is 17.5 Å². The number of Topliss-reactive ketones (excluding diaryl/α,β-unsaturated/α-hetero) is 1. The summed E-state index contributed by atoms with van der Waals surface area (Å²) in [5, 5.41) is 7.99. The van der Waals surface area contributed by atoms with Crippen molar-refractivity contribution in [3.05, 3.63) is 53.7 Å². The van der Waals surface area contributed by atoms with E-state index in [1.165, 1.54) is 32.6 Å². The minimum atomic E-state index is -4.83. The first kappa shape index (κ1) is 22.5. The summed E-state index contributed by atoms with van der Waals surface area (Å²) in [5.41, 5.74) is -0.616. The van der Waals surface area contributed by atoms with Crippen molar-refractivity contribution in [3.8, 4) is 39.6 Å². The molecule has 4 aromatic rings. The lowest BCUT2D eigenvalue weighted by atomic mass is 9.99. The Morgan fingerprint density at radius 3 is 2.67 bits per heavy atom. The molecule has 33 heavy (non-hydrogen) atoms. The molecule has 0 unspecified atom stereocenters. The number of ketones is 1. The average molecular weight is 478 g/mol. The van der Waals surface area contributed by atoms with Crippen molar-refractivity contribution in [2.45, 2.75) is 19.6 Å². The summed E-state index contributed by atoms with van der Waals surface area (Å²) in [7, 11) is 1.43. The van der Waals surface area contributed by atoms with Crippen LogP contribution in [0.3, 0.4) is 0 Å². The molecule has 12 heteroatoms. The third-order valence-electron chi connectivity index (χ3n) is 4.69. The second-order valence-electron chi connectivity index (χ2n) is 6.92. The van der Waals surface area contributed by atoms with Crippen LogP contribution >= 0.6 is 11.6 Å². The van der Waals surface area contributed by atoms with Gasteiger partial charge in [-0.2, -0.15) is 18.3 Å². The van der Waals surface area contributed by atoms with Gasteiger partial charge in [0.25, 0.3) is 0 Å². The van der Waals surface area contributed by atoms with Crippen LogP contribution < -0.4 is 4.74 Å². The van der Waals surface area contributed by atoms with Crippen LogP contribution in [0.1, 0.15) is 12.6 Å². The molecule has 3 aromatic heterocycles. The number of carbonyl (C=O) groups excluding carboxylic acids is 1. The number of nitrogens with zero attached hydrogens (tertiary/aromatic N) is 5. The first-order valence-electron chi connectivity index (χ1n) is 9.44. The van der Waals surface area contributed by atoms with Gasteiger partial charge in [-0.15, -0.1) is 0 Å². The maximum Gasteiger partial charge on any atom is 0.433 e. The molecule has 0 amide bonds. The van der Waals surface area contributed by atoms with Crippen molar-refractivity contribution in [3.63, 3.8) is 0 Å². The summed E-state index contributed by atoms with van der Waals surface area (Å²) in [6.45, 7) is 0.617. The molecule has 0 aliphatic carbocycles. The highest BCUT2D eigenvalue weighted by molar-refractivity contribution is 6.35. The fourth-order valence-electron chi connectivity index (χ4n) is 3.37. The highest BCUT2D eigenvalue weighted by Crippen LogP contribution is 2.46. The molecule has 3 heterocycles. The Bertz CT molecular complexity index is 1320. The zero-order valence-electron chi connectivity index (χ0n) is 17.2. The van der Waals surface area contributed by atoms with E-state index in [4.69, 9.17) is 20.9 Å². The summed E-state index contributed by atoms with van der Waals surface area (Å²) >= 11 is 6.45. The number of aromatic nitrogens is 5. The molecule has 0 spiro atoms. The van der Waals surface area contributed by atoms with Gasteiger partial charge in [-0.05, 0) is 19.1 Å². The second-order valence-corrected chi connectivity index (χ2v) is 7.29. The van der Waals surface area contributed by atoms with E-state index >= 15 is 0 Å². The first-order chi connectivity index (χ1) is 15.7. The maximum absolute atomic E-state index is 14.0. The van der Waals surface area contributed by atoms with Crippen molar-refractivity contribution < 1.29 is 27.2 Å². The fraction of sp³-hybridized carbons (Fsp3) is 0.190. The molecule has 1 aromatic carbocycles. The Hall–Kier alpha value is -3.73. The number of rotatable bonds is 6. The Morgan fingerprint density at radius 1 is 1.24 bits per heavy atom. The summed E-state index contributed by atoms with van der Waals surface area (Å²) in [4.78, 5) is 19.5. The molecule has 0 saturated heterocycles. The second kappa shape index (κ2) is 8.66. The van der Waals surface area contributed by atoms with Crippen LogP contribution in [0.15, 0.2) is 47.5 Å². The zero-order chi connectivity index (χ0) is 23.8. The van der Waals surface area contributed by atoms with Gasteiger partial charge < -0.3 is 9.26 Å². The lowest BCUT2D eigenvalue weighted by Gasteiger charge is -2.12. The van der Waals surface area contributed by atoms with Crippen molar-refractivity contribution in [1.29, 1.82) is 0 Å². The van der Waals surface area contributed by atoms with Gasteiger partial charge in [-0.3, -0.25) is 9.48 Å². The number of hydrogen-bond donors (Lipinski definition) is 0. The van der Waals surface area contributed by atoms with E-state index in [1.54, 1.807) is 18.2 Å². The summed E-state index contributed by atoms with van der Waals surface area (Å²) in [5.74, 6) is -0.380. The van der Waals surface area contributed by atoms with Crippen molar-refractivity contribution in [2.24, 2.45) is 0 Å². The normalized spacial score (nSPS) is 11.6. The van der Waals surface area contributed by atoms with Crippen LogP contribution in [0.5, 0.6) is 5.75 Å². The van der Waals surface area contributed by atoms with Crippen LogP contribution in [0.2, 0.25) is 5.02 Å². The van der Waals surface area contributed by atoms with Gasteiger partial charge in [-0.25, -0.2) is 9.97 Å². The van der Waals surface area contributed by atoms with E-state index in [1.807, 2.05) is 0 Å². The lowest BCUT2D eigenvalue weighted by Crippen LogP contribution is -2.18. The zero-order valence-corrected chi connectivity index (χ0v) is 18.0. The molecule has 0 atom stereocenters. The van der Waals surface area contributed by atoms with Crippen molar-refractivity contribution in [1.82, 2.24) is 24.9 Å². The molecular weight excluding hydrogens is 463 g/mol. The van der Waals surface area contributed by atoms with Gasteiger partial charge in [0.2, 0.25) is 0 Å². The number of carbonyl (C=O) groups is 1. The molecule has 0 saturated carbocycles. The van der Waals surface area contributed by atoms with E-state index in [9.17, 15) is 18.0 Å². The van der Waals surface area contributed by atoms with Crippen LogP contribution in [0.4, 0.5) is 13.2 Å². The van der Waals surface area contributed by atoms with Crippen molar-refractivity contribution in [2.75, 3.05) is 7.11 Å². The van der Waals surface area contributed by atoms with Gasteiger partial charge >= 0.3 is 6.18 Å². The topological polar surface area (TPSA) is 95.9 Å². The van der Waals surface area contributed by atoms with Gasteiger partial charge in [0, 0.05) is 11.8 Å². The minimum absolute atomic E-state index is 0.153. The summed E-state index contributed by atoms with van der Waals surface area (Å²) < 4.78 is 53.3. The lowest BCUT2D eigenvalue weighted by molar-refractivity contribution is -0.144. The molecule has 8 nitrogen and oxygen atoms in total. The standard InChI is InChI=1S/C21H15ClF3N5O3/c1-11(31)9-30-20(21(23,24)25)13(8-28-30)19-16(14-6-7-26-10-27-14)18(29-33-19)12-4-3-5-15(32-2)17(12)22/h3-8,10H,9H2,1-2H3. The Balaban J connectivity index is 2.01. The molecular formula is C21H15ClF3N5O3. The van der Waals surface area contributed by atoms with Gasteiger partial charge in [0.15, 0.2) is 17.2 Å². The number of halogens is 4. The highest BCUT2D eigenvalue weighted by Gasteiger charge is 2.41. The number of methoxy groups -OCH3 is 1. The predicted molar refractivity (Wildman–Crippen MR) is 111 cm³/mol. The van der Waals surface area contributed by atoms with Crippen LogP contribution in [0, 0.1) is 0 Å². The summed E-state index contributed by atoms with van der Waals surface area (Å²) in [6.07, 6.45) is -1.18. The minimum Gasteiger partial charge on any atom is -0.495 e. The number of benzene rings is 1. The van der Waals surface area contributed by atoms with E-state index in [-0.39, 0.29) is 27.7 Å². The smallest absolute Gasteiger partial charge is 0.433 e. The first-order valence-corrected chi connectivity index (χ1v) is 9.82. The number of ether oxygens (including phenoxy) is 1. The van der Waals surface area contributed by atoms with Gasteiger partial charge in [0.05, 0.1) is 41.7 Å². The van der Waals surface area contributed by atoms with Crippen LogP contribution in [-0.4, -0.2) is 37.8 Å². The SMILES string of the molecule is COc1cccc(-c2noc(-c3cnn(CC(C)=O)c3C(F)(F)F)c2-c2ccncn2)c1Cl. The van der Waals surface area contributed by atoms with Crippen molar-refractivity contribution >= 4 is 17.4 Å². The molecule has 0 aliphatic rings. The molecule has 0 fully saturated rings.